The highest BCUT2D eigenvalue weighted by Gasteiger charge is 2.13. The van der Waals surface area contributed by atoms with E-state index in [-0.39, 0.29) is 11.9 Å². The minimum absolute atomic E-state index is 0.0728. The van der Waals surface area contributed by atoms with E-state index >= 15 is 0 Å². The summed E-state index contributed by atoms with van der Waals surface area (Å²) in [5.74, 6) is 1.20. The number of methoxy groups -OCH3 is 1. The molecular weight excluding hydrogens is 240 g/mol. The summed E-state index contributed by atoms with van der Waals surface area (Å²) in [5, 5.41) is 2.98. The van der Waals surface area contributed by atoms with Gasteiger partial charge in [-0.3, -0.25) is 4.79 Å². The number of nitrogens with one attached hydrogen (secondary N) is 1. The van der Waals surface area contributed by atoms with Gasteiger partial charge in [0.25, 0.3) is 0 Å². The lowest BCUT2D eigenvalue weighted by molar-refractivity contribution is -0.121. The van der Waals surface area contributed by atoms with Crippen molar-refractivity contribution in [2.45, 2.75) is 32.7 Å². The van der Waals surface area contributed by atoms with Crippen molar-refractivity contribution < 1.29 is 9.53 Å². The first-order chi connectivity index (χ1) is 9.06. The molecule has 0 heterocycles. The Morgan fingerprint density at radius 3 is 2.47 bits per heavy atom. The van der Waals surface area contributed by atoms with Gasteiger partial charge in [-0.25, -0.2) is 0 Å². The monoisotopic (exact) mass is 264 g/mol. The van der Waals surface area contributed by atoms with Crippen LogP contribution in [0.1, 0.15) is 25.8 Å². The van der Waals surface area contributed by atoms with Crippen molar-refractivity contribution in [1.82, 2.24) is 5.32 Å². The third kappa shape index (κ3) is 5.30. The molecule has 0 radical (unpaired) electrons. The van der Waals surface area contributed by atoms with Gasteiger partial charge in [-0.2, -0.15) is 0 Å². The molecule has 0 aromatic heterocycles. The van der Waals surface area contributed by atoms with Crippen molar-refractivity contribution >= 4 is 5.91 Å². The molecule has 2 unspecified atom stereocenters. The first-order valence-corrected chi connectivity index (χ1v) is 6.69. The second-order valence-electron chi connectivity index (χ2n) is 4.92. The summed E-state index contributed by atoms with van der Waals surface area (Å²) >= 11 is 0. The molecule has 3 N–H and O–H groups in total. The molecule has 0 aliphatic heterocycles. The van der Waals surface area contributed by atoms with E-state index in [1.54, 1.807) is 7.11 Å². The molecule has 0 aliphatic carbocycles. The first kappa shape index (κ1) is 15.5. The quantitative estimate of drug-likeness (QED) is 0.788. The number of ether oxygens (including phenoxy) is 1. The molecule has 106 valence electrons. The summed E-state index contributed by atoms with van der Waals surface area (Å²) in [7, 11) is 1.64. The number of amides is 1. The zero-order valence-corrected chi connectivity index (χ0v) is 12.0. The normalized spacial score (nSPS) is 13.7. The van der Waals surface area contributed by atoms with Crippen molar-refractivity contribution in [2.24, 2.45) is 11.7 Å². The van der Waals surface area contributed by atoms with Gasteiger partial charge in [0.2, 0.25) is 5.91 Å². The fourth-order valence-corrected chi connectivity index (χ4v) is 1.72. The maximum Gasteiger partial charge on any atom is 0.220 e. The van der Waals surface area contributed by atoms with E-state index in [0.717, 1.165) is 17.7 Å². The van der Waals surface area contributed by atoms with Crippen LogP contribution in [-0.4, -0.2) is 25.6 Å². The Hall–Kier alpha value is -1.55. The zero-order chi connectivity index (χ0) is 14.3. The van der Waals surface area contributed by atoms with E-state index in [1.807, 2.05) is 38.1 Å². The van der Waals surface area contributed by atoms with Gasteiger partial charge in [0.15, 0.2) is 0 Å². The van der Waals surface area contributed by atoms with Crippen LogP contribution in [0, 0.1) is 5.92 Å². The SMILES string of the molecule is COc1ccc(CCC(=O)NC(C)C(C)CN)cc1. The molecule has 1 amide bonds. The largest absolute Gasteiger partial charge is 0.497 e. The zero-order valence-electron chi connectivity index (χ0n) is 12.0. The Labute approximate surface area is 115 Å². The summed E-state index contributed by atoms with van der Waals surface area (Å²) < 4.78 is 5.09. The van der Waals surface area contributed by atoms with Gasteiger partial charge in [0.05, 0.1) is 7.11 Å². The lowest BCUT2D eigenvalue weighted by Gasteiger charge is -2.19. The summed E-state index contributed by atoms with van der Waals surface area (Å²) in [6, 6.07) is 7.91. The molecule has 0 bridgehead atoms. The maximum absolute atomic E-state index is 11.8. The highest BCUT2D eigenvalue weighted by Crippen LogP contribution is 2.12. The molecule has 1 rings (SSSR count). The molecule has 0 saturated heterocycles. The highest BCUT2D eigenvalue weighted by molar-refractivity contribution is 5.76. The van der Waals surface area contributed by atoms with Gasteiger partial charge in [-0.1, -0.05) is 19.1 Å². The molecule has 1 aromatic rings. The Morgan fingerprint density at radius 2 is 1.95 bits per heavy atom. The van der Waals surface area contributed by atoms with Crippen LogP contribution in [0.4, 0.5) is 0 Å². The third-order valence-corrected chi connectivity index (χ3v) is 3.41. The Balaban J connectivity index is 2.37. The van der Waals surface area contributed by atoms with Crippen molar-refractivity contribution in [2.75, 3.05) is 13.7 Å². The second kappa shape index (κ2) is 7.79. The summed E-state index contributed by atoms with van der Waals surface area (Å²) in [6.07, 6.45) is 1.23. The van der Waals surface area contributed by atoms with Crippen LogP contribution >= 0.6 is 0 Å². The van der Waals surface area contributed by atoms with Crippen LogP contribution in [0.3, 0.4) is 0 Å². The van der Waals surface area contributed by atoms with Gasteiger partial charge < -0.3 is 15.8 Å². The maximum atomic E-state index is 11.8. The van der Waals surface area contributed by atoms with Gasteiger partial charge in [0, 0.05) is 12.5 Å². The molecule has 2 atom stereocenters. The van der Waals surface area contributed by atoms with E-state index in [2.05, 4.69) is 5.32 Å². The molecule has 1 aromatic carbocycles. The Morgan fingerprint density at radius 1 is 1.32 bits per heavy atom. The standard InChI is InChI=1S/C15H24N2O2/c1-11(10-16)12(2)17-15(18)9-6-13-4-7-14(19-3)8-5-13/h4-5,7-8,11-12H,6,9-10,16H2,1-3H3,(H,17,18). The summed E-state index contributed by atoms with van der Waals surface area (Å²) in [5.41, 5.74) is 6.71. The molecule has 4 nitrogen and oxygen atoms in total. The number of hydrogen-bond acceptors (Lipinski definition) is 3. The Bertz CT molecular complexity index is 390. The molecule has 0 saturated carbocycles. The van der Waals surface area contributed by atoms with Crippen molar-refractivity contribution in [3.63, 3.8) is 0 Å². The predicted octanol–water partition coefficient (Wildman–Crippen LogP) is 1.73. The van der Waals surface area contributed by atoms with Gasteiger partial charge in [-0.15, -0.1) is 0 Å². The number of carbonyl (C=O) groups excluding carboxylic acids is 1. The smallest absolute Gasteiger partial charge is 0.220 e. The van der Waals surface area contributed by atoms with Crippen LogP contribution < -0.4 is 15.8 Å². The molecule has 0 fully saturated rings. The summed E-state index contributed by atoms with van der Waals surface area (Å²) in [6.45, 7) is 4.61. The van der Waals surface area contributed by atoms with E-state index in [1.165, 1.54) is 0 Å². The lowest BCUT2D eigenvalue weighted by atomic mass is 10.0. The van der Waals surface area contributed by atoms with Crippen LogP contribution in [0.25, 0.3) is 0 Å². The van der Waals surface area contributed by atoms with E-state index < -0.39 is 0 Å². The molecule has 19 heavy (non-hydrogen) atoms. The number of hydrogen-bond donors (Lipinski definition) is 2. The van der Waals surface area contributed by atoms with Crippen LogP contribution in [-0.2, 0) is 11.2 Å². The Kier molecular flexibility index (Phi) is 6.36. The fraction of sp³-hybridized carbons (Fsp3) is 0.533. The molecular formula is C15H24N2O2. The topological polar surface area (TPSA) is 64.3 Å². The minimum Gasteiger partial charge on any atom is -0.497 e. The predicted molar refractivity (Wildman–Crippen MR) is 77.1 cm³/mol. The molecule has 4 heteroatoms. The number of aryl methyl sites for hydroxylation is 1. The first-order valence-electron chi connectivity index (χ1n) is 6.69. The second-order valence-corrected chi connectivity index (χ2v) is 4.92. The van der Waals surface area contributed by atoms with E-state index in [9.17, 15) is 4.79 Å². The summed E-state index contributed by atoms with van der Waals surface area (Å²) in [4.78, 5) is 11.8. The highest BCUT2D eigenvalue weighted by atomic mass is 16.5. The van der Waals surface area contributed by atoms with Crippen molar-refractivity contribution in [3.05, 3.63) is 29.8 Å². The van der Waals surface area contributed by atoms with Crippen molar-refractivity contribution in [1.29, 1.82) is 0 Å². The third-order valence-electron chi connectivity index (χ3n) is 3.41. The molecule has 0 spiro atoms. The average Bonchev–Trinajstić information content (AvgIpc) is 2.44. The van der Waals surface area contributed by atoms with Crippen molar-refractivity contribution in [3.8, 4) is 5.75 Å². The number of carbonyl (C=O) groups is 1. The lowest BCUT2D eigenvalue weighted by Crippen LogP contribution is -2.39. The van der Waals surface area contributed by atoms with Crippen LogP contribution in [0.2, 0.25) is 0 Å². The number of rotatable bonds is 7. The van der Waals surface area contributed by atoms with Crippen LogP contribution in [0.5, 0.6) is 5.75 Å². The van der Waals surface area contributed by atoms with Gasteiger partial charge in [0.1, 0.15) is 5.75 Å². The van der Waals surface area contributed by atoms with Crippen LogP contribution in [0.15, 0.2) is 24.3 Å². The van der Waals surface area contributed by atoms with E-state index in [4.69, 9.17) is 10.5 Å². The molecule has 0 aliphatic rings. The van der Waals surface area contributed by atoms with E-state index in [0.29, 0.717) is 18.9 Å². The van der Waals surface area contributed by atoms with Gasteiger partial charge >= 0.3 is 0 Å². The minimum atomic E-state index is 0.0728. The number of benzene rings is 1. The fourth-order valence-electron chi connectivity index (χ4n) is 1.72. The van der Waals surface area contributed by atoms with Gasteiger partial charge in [-0.05, 0) is 43.5 Å². The average molecular weight is 264 g/mol. The number of nitrogens with two attached hydrogens (primary N) is 1.